The number of pyridine rings is 2. The molecule has 0 bridgehead atoms. The van der Waals surface area contributed by atoms with Gasteiger partial charge >= 0.3 is 0 Å². The fourth-order valence-electron chi connectivity index (χ4n) is 5.24. The van der Waals surface area contributed by atoms with Crippen molar-refractivity contribution in [3.8, 4) is 0 Å². The zero-order valence-corrected chi connectivity index (χ0v) is 20.8. The second-order valence-corrected chi connectivity index (χ2v) is 9.90. The molecule has 36 heavy (non-hydrogen) atoms. The number of nitrogens with two attached hydrogens (primary N) is 1. The minimum Gasteiger partial charge on any atom is -0.364 e. The van der Waals surface area contributed by atoms with Crippen LogP contribution in [0.3, 0.4) is 0 Å². The van der Waals surface area contributed by atoms with Gasteiger partial charge in [-0.3, -0.25) is 19.5 Å². The lowest BCUT2D eigenvalue weighted by atomic mass is 9.96. The van der Waals surface area contributed by atoms with Gasteiger partial charge in [0.25, 0.3) is 11.5 Å². The Labute approximate surface area is 210 Å². The normalized spacial score (nSPS) is 18.1. The number of carbonyl (C=O) groups is 1. The number of H-pyrrole nitrogens is 1. The molecule has 5 rings (SSSR count). The highest BCUT2D eigenvalue weighted by atomic mass is 16.1. The molecule has 0 aromatic carbocycles. The first-order valence-corrected chi connectivity index (χ1v) is 12.8. The van der Waals surface area contributed by atoms with Gasteiger partial charge in [0.15, 0.2) is 11.5 Å². The molecule has 3 aromatic rings. The third-order valence-electron chi connectivity index (χ3n) is 7.44. The molecule has 190 valence electrons. The van der Waals surface area contributed by atoms with Crippen molar-refractivity contribution in [1.29, 1.82) is 0 Å². The predicted octanol–water partition coefficient (Wildman–Crippen LogP) is 1.41. The van der Waals surface area contributed by atoms with Crippen molar-refractivity contribution in [2.75, 3.05) is 50.7 Å². The highest BCUT2D eigenvalue weighted by Crippen LogP contribution is 2.23. The molecular formula is C26H34N8O2. The molecule has 10 nitrogen and oxygen atoms in total. The molecule has 5 heterocycles. The summed E-state index contributed by atoms with van der Waals surface area (Å²) in [7, 11) is 0. The number of nitrogens with one attached hydrogen (secondary N) is 1. The van der Waals surface area contributed by atoms with Gasteiger partial charge in [-0.05, 0) is 55.0 Å². The largest absolute Gasteiger partial charge is 0.364 e. The number of carbonyl (C=O) groups excluding carboxylic acids is 1. The van der Waals surface area contributed by atoms with E-state index in [0.717, 1.165) is 93.2 Å². The highest BCUT2D eigenvalue weighted by molar-refractivity contribution is 5.90. The van der Waals surface area contributed by atoms with Gasteiger partial charge in [-0.2, -0.15) is 0 Å². The summed E-state index contributed by atoms with van der Waals surface area (Å²) in [5, 5.41) is 8.10. The van der Waals surface area contributed by atoms with Crippen molar-refractivity contribution >= 4 is 22.8 Å². The molecule has 0 radical (unpaired) electrons. The van der Waals surface area contributed by atoms with E-state index >= 15 is 0 Å². The Bertz CT molecular complexity index is 1260. The number of rotatable bonds is 7. The van der Waals surface area contributed by atoms with Crippen LogP contribution in [-0.2, 0) is 13.0 Å². The predicted molar refractivity (Wildman–Crippen MR) is 139 cm³/mol. The van der Waals surface area contributed by atoms with Gasteiger partial charge in [0.05, 0.1) is 11.0 Å². The molecule has 3 N–H and O–H groups in total. The van der Waals surface area contributed by atoms with Crippen LogP contribution in [0.1, 0.15) is 41.4 Å². The Hall–Kier alpha value is -3.37. The lowest BCUT2D eigenvalue weighted by Gasteiger charge is -2.39. The third kappa shape index (κ3) is 5.55. The maximum Gasteiger partial charge on any atom is 0.269 e. The first-order valence-electron chi connectivity index (χ1n) is 12.8. The van der Waals surface area contributed by atoms with E-state index in [-0.39, 0.29) is 11.3 Å². The zero-order chi connectivity index (χ0) is 25.1. The van der Waals surface area contributed by atoms with Crippen LogP contribution in [0.2, 0.25) is 0 Å². The molecule has 2 aliphatic rings. The number of primary amides is 1. The van der Waals surface area contributed by atoms with Gasteiger partial charge in [0.1, 0.15) is 0 Å². The first-order chi connectivity index (χ1) is 17.5. The Kier molecular flexibility index (Phi) is 7.24. The number of nitrogens with zero attached hydrogens (tertiary/aromatic N) is 6. The molecule has 0 atom stereocenters. The number of piperidine rings is 1. The van der Waals surface area contributed by atoms with Crippen molar-refractivity contribution in [1.82, 2.24) is 30.0 Å². The van der Waals surface area contributed by atoms with Gasteiger partial charge in [-0.25, -0.2) is 0 Å². The molecule has 0 unspecified atom stereocenters. The summed E-state index contributed by atoms with van der Waals surface area (Å²) >= 11 is 0. The van der Waals surface area contributed by atoms with E-state index in [9.17, 15) is 9.59 Å². The average molecular weight is 491 g/mol. The van der Waals surface area contributed by atoms with Crippen molar-refractivity contribution < 1.29 is 4.79 Å². The van der Waals surface area contributed by atoms with Crippen LogP contribution in [0.25, 0.3) is 11.0 Å². The number of aryl methyl sites for hydroxylation is 1. The number of fused-ring (bicyclic) bond motifs is 1. The Morgan fingerprint density at radius 3 is 2.47 bits per heavy atom. The summed E-state index contributed by atoms with van der Waals surface area (Å²) in [5.41, 5.74) is 9.01. The maximum atomic E-state index is 12.2. The van der Waals surface area contributed by atoms with E-state index in [1.165, 1.54) is 0 Å². The van der Waals surface area contributed by atoms with Crippen LogP contribution in [0.4, 0.5) is 5.82 Å². The van der Waals surface area contributed by atoms with Crippen LogP contribution in [0.5, 0.6) is 0 Å². The van der Waals surface area contributed by atoms with Crippen molar-refractivity contribution in [2.45, 2.75) is 32.7 Å². The molecular weight excluding hydrogens is 456 g/mol. The van der Waals surface area contributed by atoms with E-state index in [1.807, 2.05) is 25.3 Å². The van der Waals surface area contributed by atoms with Crippen LogP contribution >= 0.6 is 0 Å². The van der Waals surface area contributed by atoms with Crippen molar-refractivity contribution in [2.24, 2.45) is 11.7 Å². The topological polar surface area (TPSA) is 124 Å². The van der Waals surface area contributed by atoms with Crippen molar-refractivity contribution in [3.63, 3.8) is 0 Å². The monoisotopic (exact) mass is 490 g/mol. The number of amides is 1. The minimum absolute atomic E-state index is 0.0164. The smallest absolute Gasteiger partial charge is 0.269 e. The summed E-state index contributed by atoms with van der Waals surface area (Å²) in [4.78, 5) is 38.2. The summed E-state index contributed by atoms with van der Waals surface area (Å²) in [6.45, 7) is 10.1. The number of piperazine rings is 1. The first kappa shape index (κ1) is 24.3. The van der Waals surface area contributed by atoms with Gasteiger partial charge in [-0.15, -0.1) is 10.2 Å². The number of hydrogen-bond donors (Lipinski definition) is 2. The standard InChI is InChI=1S/C26H34N8O2/c1-2-20-14-22-23(29-26(20)36)13-19(15-28-22)17-33-11-9-32(10-12-33)16-18-5-7-34(8-6-18)24-4-3-21(25(27)35)30-31-24/h3-4,13-15,18H,2,5-12,16-17H2,1H3,(H2,27,35)(H,29,36). The molecule has 1 amide bonds. The van der Waals surface area contributed by atoms with E-state index < -0.39 is 5.91 Å². The quantitative estimate of drug-likeness (QED) is 0.509. The Morgan fingerprint density at radius 2 is 1.81 bits per heavy atom. The van der Waals surface area contributed by atoms with E-state index in [1.54, 1.807) is 6.07 Å². The van der Waals surface area contributed by atoms with E-state index in [0.29, 0.717) is 12.3 Å². The molecule has 10 heteroatoms. The van der Waals surface area contributed by atoms with E-state index in [2.05, 4.69) is 40.9 Å². The molecule has 2 aliphatic heterocycles. The summed E-state index contributed by atoms with van der Waals surface area (Å²) in [5.74, 6) is 0.939. The fourth-order valence-corrected chi connectivity index (χ4v) is 5.24. The van der Waals surface area contributed by atoms with Gasteiger partial charge < -0.3 is 20.5 Å². The minimum atomic E-state index is -0.552. The number of aromatic nitrogens is 4. The lowest BCUT2D eigenvalue weighted by molar-refractivity contribution is 0.0994. The average Bonchev–Trinajstić information content (AvgIpc) is 2.90. The maximum absolute atomic E-state index is 12.2. The van der Waals surface area contributed by atoms with Crippen LogP contribution in [0.15, 0.2) is 35.3 Å². The second-order valence-electron chi connectivity index (χ2n) is 9.90. The summed E-state index contributed by atoms with van der Waals surface area (Å²) < 4.78 is 0. The number of aromatic amines is 1. The van der Waals surface area contributed by atoms with Gasteiger partial charge in [0.2, 0.25) is 0 Å². The zero-order valence-electron chi connectivity index (χ0n) is 20.8. The molecule has 2 fully saturated rings. The fraction of sp³-hybridized carbons (Fsp3) is 0.500. The Morgan fingerprint density at radius 1 is 1.06 bits per heavy atom. The summed E-state index contributed by atoms with van der Waals surface area (Å²) in [6, 6.07) is 7.44. The van der Waals surface area contributed by atoms with Crippen LogP contribution in [-0.4, -0.2) is 81.7 Å². The van der Waals surface area contributed by atoms with Crippen LogP contribution < -0.4 is 16.2 Å². The SMILES string of the molecule is CCc1cc2ncc(CN3CCN(CC4CCN(c5ccc(C(N)=O)nn5)CC4)CC3)cc2[nH]c1=O. The Balaban J connectivity index is 1.08. The van der Waals surface area contributed by atoms with Gasteiger partial charge in [-0.1, -0.05) is 6.92 Å². The molecule has 0 saturated carbocycles. The van der Waals surface area contributed by atoms with Crippen molar-refractivity contribution in [3.05, 3.63) is 57.6 Å². The molecule has 3 aromatic heterocycles. The van der Waals surface area contributed by atoms with Crippen LogP contribution in [0, 0.1) is 5.92 Å². The summed E-state index contributed by atoms with van der Waals surface area (Å²) in [6.07, 6.45) is 4.89. The molecule has 0 aliphatic carbocycles. The lowest BCUT2D eigenvalue weighted by Crippen LogP contribution is -2.48. The van der Waals surface area contributed by atoms with E-state index in [4.69, 9.17) is 5.73 Å². The number of anilines is 1. The highest BCUT2D eigenvalue weighted by Gasteiger charge is 2.25. The second kappa shape index (κ2) is 10.7. The third-order valence-corrected chi connectivity index (χ3v) is 7.44. The molecule has 0 spiro atoms. The molecule has 2 saturated heterocycles. The van der Waals surface area contributed by atoms with Gasteiger partial charge in [0, 0.05) is 64.1 Å². The number of hydrogen-bond acceptors (Lipinski definition) is 8.